The molecule has 1 aromatic rings. The highest BCUT2D eigenvalue weighted by Gasteiger charge is 1.96. The zero-order chi connectivity index (χ0) is 9.84. The molecule has 0 saturated carbocycles. The maximum atomic E-state index is 10.4. The molecule has 2 N–H and O–H groups in total. The molecule has 1 amide bonds. The lowest BCUT2D eigenvalue weighted by molar-refractivity contribution is -0.113. The summed E-state index contributed by atoms with van der Waals surface area (Å²) in [6.45, 7) is 1.84. The third-order valence-corrected chi connectivity index (χ3v) is 1.87. The van der Waals surface area contributed by atoms with Crippen LogP contribution in [0.4, 0.5) is 0 Å². The molecule has 0 aliphatic heterocycles. The molecule has 68 valence electrons. The zero-order valence-corrected chi connectivity index (χ0v) is 7.88. The molecule has 0 radical (unpaired) electrons. The van der Waals surface area contributed by atoms with E-state index in [4.69, 9.17) is 17.3 Å². The second-order valence-corrected chi connectivity index (χ2v) is 2.97. The topological polar surface area (TPSA) is 56.0 Å². The molecule has 1 aromatic heterocycles. The first-order valence-electron chi connectivity index (χ1n) is 3.69. The van der Waals surface area contributed by atoms with Crippen LogP contribution in [0.25, 0.3) is 6.08 Å². The van der Waals surface area contributed by atoms with Crippen molar-refractivity contribution in [3.8, 4) is 0 Å². The van der Waals surface area contributed by atoms with Crippen LogP contribution in [0.1, 0.15) is 11.1 Å². The molecule has 0 aliphatic carbocycles. The van der Waals surface area contributed by atoms with E-state index in [2.05, 4.69) is 4.98 Å². The zero-order valence-electron chi connectivity index (χ0n) is 7.12. The van der Waals surface area contributed by atoms with E-state index in [1.165, 1.54) is 6.08 Å². The number of hydrogen-bond acceptors (Lipinski definition) is 2. The fourth-order valence-corrected chi connectivity index (χ4v) is 0.953. The van der Waals surface area contributed by atoms with Crippen molar-refractivity contribution in [3.63, 3.8) is 0 Å². The summed E-state index contributed by atoms with van der Waals surface area (Å²) < 4.78 is 0. The van der Waals surface area contributed by atoms with E-state index in [1.807, 2.05) is 13.0 Å². The van der Waals surface area contributed by atoms with E-state index in [0.29, 0.717) is 5.15 Å². The highest BCUT2D eigenvalue weighted by molar-refractivity contribution is 6.30. The average Bonchev–Trinajstić information content (AvgIpc) is 2.07. The van der Waals surface area contributed by atoms with Crippen molar-refractivity contribution in [2.45, 2.75) is 6.92 Å². The lowest BCUT2D eigenvalue weighted by Gasteiger charge is -1.97. The predicted molar refractivity (Wildman–Crippen MR) is 52.2 cm³/mol. The average molecular weight is 197 g/mol. The van der Waals surface area contributed by atoms with Crippen LogP contribution in [-0.4, -0.2) is 10.9 Å². The molecule has 1 rings (SSSR count). The first-order chi connectivity index (χ1) is 6.09. The number of primary amides is 1. The molecule has 0 spiro atoms. The van der Waals surface area contributed by atoms with E-state index in [0.717, 1.165) is 11.1 Å². The van der Waals surface area contributed by atoms with Gasteiger partial charge in [-0.25, -0.2) is 4.98 Å². The molecule has 1 heterocycles. The highest BCUT2D eigenvalue weighted by atomic mass is 35.5. The lowest BCUT2D eigenvalue weighted by Crippen LogP contribution is -2.05. The number of rotatable bonds is 2. The monoisotopic (exact) mass is 196 g/mol. The second kappa shape index (κ2) is 4.05. The maximum absolute atomic E-state index is 10.4. The first-order valence-corrected chi connectivity index (χ1v) is 4.07. The van der Waals surface area contributed by atoms with Crippen LogP contribution < -0.4 is 5.73 Å². The van der Waals surface area contributed by atoms with Gasteiger partial charge in [-0.2, -0.15) is 0 Å². The van der Waals surface area contributed by atoms with Crippen molar-refractivity contribution in [1.82, 2.24) is 4.98 Å². The third kappa shape index (κ3) is 2.87. The fourth-order valence-electron chi connectivity index (χ4n) is 0.849. The smallest absolute Gasteiger partial charge is 0.241 e. The number of hydrogen-bond donors (Lipinski definition) is 1. The van der Waals surface area contributed by atoms with Gasteiger partial charge in [-0.3, -0.25) is 4.79 Å². The predicted octanol–water partition coefficient (Wildman–Crippen LogP) is 1.54. The van der Waals surface area contributed by atoms with Crippen LogP contribution in [0, 0.1) is 6.92 Å². The van der Waals surface area contributed by atoms with Gasteiger partial charge in [0.1, 0.15) is 5.15 Å². The van der Waals surface area contributed by atoms with Crippen molar-refractivity contribution in [3.05, 3.63) is 34.6 Å². The van der Waals surface area contributed by atoms with Crippen molar-refractivity contribution >= 4 is 23.6 Å². The van der Waals surface area contributed by atoms with E-state index in [1.54, 1.807) is 12.3 Å². The summed E-state index contributed by atoms with van der Waals surface area (Å²) in [7, 11) is 0. The number of nitrogens with two attached hydrogens (primary N) is 1. The number of nitrogens with zero attached hydrogens (tertiary/aromatic N) is 1. The molecule has 0 aliphatic rings. The van der Waals surface area contributed by atoms with Gasteiger partial charge in [-0.15, -0.1) is 0 Å². The molecule has 0 bridgehead atoms. The van der Waals surface area contributed by atoms with Crippen LogP contribution >= 0.6 is 11.6 Å². The molecule has 0 saturated heterocycles. The number of aryl methyl sites for hydroxylation is 1. The quantitative estimate of drug-likeness (QED) is 0.576. The van der Waals surface area contributed by atoms with E-state index >= 15 is 0 Å². The minimum atomic E-state index is -0.479. The van der Waals surface area contributed by atoms with Crippen molar-refractivity contribution in [2.24, 2.45) is 5.73 Å². The Morgan fingerprint density at radius 1 is 1.69 bits per heavy atom. The number of carbonyl (C=O) groups is 1. The first kappa shape index (κ1) is 9.74. The summed E-state index contributed by atoms with van der Waals surface area (Å²) >= 11 is 5.72. The van der Waals surface area contributed by atoms with Gasteiger partial charge in [0.05, 0.1) is 0 Å². The van der Waals surface area contributed by atoms with E-state index in [9.17, 15) is 4.79 Å². The Morgan fingerprint density at radius 2 is 2.38 bits per heavy atom. The Labute approximate surface area is 81.2 Å². The summed E-state index contributed by atoms with van der Waals surface area (Å²) in [5.74, 6) is -0.479. The summed E-state index contributed by atoms with van der Waals surface area (Å²) in [6.07, 6.45) is 4.46. The molecule has 0 aromatic carbocycles. The van der Waals surface area contributed by atoms with Gasteiger partial charge in [0.15, 0.2) is 0 Å². The van der Waals surface area contributed by atoms with Gasteiger partial charge in [0.2, 0.25) is 5.91 Å². The minimum Gasteiger partial charge on any atom is -0.366 e. The maximum Gasteiger partial charge on any atom is 0.241 e. The molecule has 13 heavy (non-hydrogen) atoms. The summed E-state index contributed by atoms with van der Waals surface area (Å²) in [4.78, 5) is 14.3. The van der Waals surface area contributed by atoms with Crippen LogP contribution in [0.15, 0.2) is 18.3 Å². The van der Waals surface area contributed by atoms with Crippen molar-refractivity contribution in [2.75, 3.05) is 0 Å². The van der Waals surface area contributed by atoms with Crippen LogP contribution in [-0.2, 0) is 4.79 Å². The highest BCUT2D eigenvalue weighted by Crippen LogP contribution is 2.13. The van der Waals surface area contributed by atoms with E-state index in [-0.39, 0.29) is 0 Å². The SMILES string of the molecule is Cc1cc(C=CC(N)=O)cnc1Cl. The van der Waals surface area contributed by atoms with Gasteiger partial charge in [-0.1, -0.05) is 11.6 Å². The van der Waals surface area contributed by atoms with Gasteiger partial charge >= 0.3 is 0 Å². The van der Waals surface area contributed by atoms with Gasteiger partial charge in [0, 0.05) is 12.3 Å². The molecule has 0 unspecified atom stereocenters. The number of amides is 1. The Morgan fingerprint density at radius 3 is 2.92 bits per heavy atom. The fraction of sp³-hybridized carbons (Fsp3) is 0.111. The Balaban J connectivity index is 2.92. The Hall–Kier alpha value is -1.35. The molecule has 0 atom stereocenters. The molecule has 0 fully saturated rings. The number of aromatic nitrogens is 1. The number of pyridine rings is 1. The summed E-state index contributed by atoms with van der Waals surface area (Å²) in [5, 5.41) is 0.469. The van der Waals surface area contributed by atoms with Crippen LogP contribution in [0.5, 0.6) is 0 Å². The largest absolute Gasteiger partial charge is 0.366 e. The van der Waals surface area contributed by atoms with Gasteiger partial charge < -0.3 is 5.73 Å². The standard InChI is InChI=1S/C9H9ClN2O/c1-6-4-7(2-3-8(11)13)5-12-9(6)10/h2-5H,1H3,(H2,11,13). The Bertz CT molecular complexity index is 361. The normalized spacial score (nSPS) is 10.6. The third-order valence-electron chi connectivity index (χ3n) is 1.48. The summed E-state index contributed by atoms with van der Waals surface area (Å²) in [5.41, 5.74) is 6.61. The van der Waals surface area contributed by atoms with Crippen molar-refractivity contribution in [1.29, 1.82) is 0 Å². The molecule has 4 heteroatoms. The molecular formula is C9H9ClN2O. The molecule has 3 nitrogen and oxygen atoms in total. The van der Waals surface area contributed by atoms with Crippen LogP contribution in [0.3, 0.4) is 0 Å². The summed E-state index contributed by atoms with van der Waals surface area (Å²) in [6, 6.07) is 1.83. The van der Waals surface area contributed by atoms with Crippen LogP contribution in [0.2, 0.25) is 5.15 Å². The Kier molecular flexibility index (Phi) is 3.03. The second-order valence-electron chi connectivity index (χ2n) is 2.61. The van der Waals surface area contributed by atoms with Gasteiger partial charge in [0.25, 0.3) is 0 Å². The lowest BCUT2D eigenvalue weighted by atomic mass is 10.2. The van der Waals surface area contributed by atoms with Gasteiger partial charge in [-0.05, 0) is 30.2 Å². The van der Waals surface area contributed by atoms with Crippen molar-refractivity contribution < 1.29 is 4.79 Å². The number of carbonyl (C=O) groups excluding carboxylic acids is 1. The molecular weight excluding hydrogens is 188 g/mol. The minimum absolute atomic E-state index is 0.469. The number of halogens is 1. The van der Waals surface area contributed by atoms with E-state index < -0.39 is 5.91 Å².